The van der Waals surface area contributed by atoms with Crippen molar-refractivity contribution in [1.29, 1.82) is 0 Å². The summed E-state index contributed by atoms with van der Waals surface area (Å²) in [7, 11) is 0. The SMILES string of the molecule is O=C(O)CC(NC(=O)NC1CCC(=O)NC1)C1CC1. The third-order valence-corrected chi connectivity index (χ3v) is 3.50. The quantitative estimate of drug-likeness (QED) is 0.555. The number of urea groups is 1. The Bertz CT molecular complexity index is 371. The van der Waals surface area contributed by atoms with Crippen LogP contribution in [-0.4, -0.2) is 41.6 Å². The van der Waals surface area contributed by atoms with Crippen molar-refractivity contribution in [3.8, 4) is 0 Å². The minimum Gasteiger partial charge on any atom is -0.481 e. The Morgan fingerprint density at radius 3 is 2.63 bits per heavy atom. The second-order valence-corrected chi connectivity index (χ2v) is 5.20. The van der Waals surface area contributed by atoms with E-state index in [4.69, 9.17) is 5.11 Å². The van der Waals surface area contributed by atoms with Gasteiger partial charge in [-0.2, -0.15) is 0 Å². The summed E-state index contributed by atoms with van der Waals surface area (Å²) in [5.74, 6) is -0.616. The van der Waals surface area contributed by atoms with Crippen molar-refractivity contribution in [2.75, 3.05) is 6.54 Å². The number of carboxylic acids is 1. The van der Waals surface area contributed by atoms with Gasteiger partial charge in [-0.1, -0.05) is 0 Å². The lowest BCUT2D eigenvalue weighted by molar-refractivity contribution is -0.137. The summed E-state index contributed by atoms with van der Waals surface area (Å²) in [6.07, 6.45) is 2.92. The molecule has 0 radical (unpaired) electrons. The zero-order valence-corrected chi connectivity index (χ0v) is 10.6. The summed E-state index contributed by atoms with van der Waals surface area (Å²) in [5.41, 5.74) is 0. The highest BCUT2D eigenvalue weighted by Crippen LogP contribution is 2.33. The molecule has 1 aliphatic carbocycles. The van der Waals surface area contributed by atoms with Crippen molar-refractivity contribution in [2.45, 2.75) is 44.2 Å². The zero-order valence-electron chi connectivity index (χ0n) is 10.6. The molecular weight excluding hydrogens is 250 g/mol. The molecule has 0 bridgehead atoms. The summed E-state index contributed by atoms with van der Waals surface area (Å²) in [5, 5.41) is 17.0. The first kappa shape index (κ1) is 13.6. The summed E-state index contributed by atoms with van der Waals surface area (Å²) in [6.45, 7) is 0.430. The molecule has 2 rings (SSSR count). The Morgan fingerprint density at radius 2 is 2.11 bits per heavy atom. The van der Waals surface area contributed by atoms with Gasteiger partial charge < -0.3 is 21.1 Å². The molecule has 2 fully saturated rings. The largest absolute Gasteiger partial charge is 0.481 e. The van der Waals surface area contributed by atoms with Gasteiger partial charge in [0.15, 0.2) is 0 Å². The van der Waals surface area contributed by atoms with E-state index in [1.807, 2.05) is 0 Å². The maximum Gasteiger partial charge on any atom is 0.315 e. The van der Waals surface area contributed by atoms with Crippen LogP contribution < -0.4 is 16.0 Å². The first-order valence-corrected chi connectivity index (χ1v) is 6.60. The van der Waals surface area contributed by atoms with Gasteiger partial charge in [-0.05, 0) is 25.2 Å². The molecule has 19 heavy (non-hydrogen) atoms. The van der Waals surface area contributed by atoms with Crippen molar-refractivity contribution < 1.29 is 19.5 Å². The summed E-state index contributed by atoms with van der Waals surface area (Å²) in [4.78, 5) is 33.5. The van der Waals surface area contributed by atoms with E-state index in [9.17, 15) is 14.4 Å². The monoisotopic (exact) mass is 269 g/mol. The number of rotatable bonds is 5. The first-order valence-electron chi connectivity index (χ1n) is 6.60. The number of piperidine rings is 1. The molecule has 0 aromatic carbocycles. The molecule has 0 spiro atoms. The normalized spacial score (nSPS) is 24.2. The molecule has 7 nitrogen and oxygen atoms in total. The number of aliphatic carboxylic acids is 1. The number of carboxylic acid groups (broad SMARTS) is 1. The fourth-order valence-corrected chi connectivity index (χ4v) is 2.27. The van der Waals surface area contributed by atoms with Crippen LogP contribution in [0.15, 0.2) is 0 Å². The molecule has 3 amide bonds. The van der Waals surface area contributed by atoms with E-state index in [2.05, 4.69) is 16.0 Å². The standard InChI is InChI=1S/C12H19N3O4/c16-10-4-3-8(6-13-10)14-12(19)15-9(5-11(17)18)7-1-2-7/h7-9H,1-6H2,(H,13,16)(H,17,18)(H2,14,15,19). The zero-order chi connectivity index (χ0) is 13.8. The molecule has 2 atom stereocenters. The number of hydrogen-bond acceptors (Lipinski definition) is 3. The minimum absolute atomic E-state index is 0.000178. The Hall–Kier alpha value is -1.79. The highest BCUT2D eigenvalue weighted by atomic mass is 16.4. The molecule has 1 saturated heterocycles. The third kappa shape index (κ3) is 4.42. The second kappa shape index (κ2) is 5.90. The molecule has 1 saturated carbocycles. The molecular formula is C12H19N3O4. The van der Waals surface area contributed by atoms with E-state index < -0.39 is 5.97 Å². The highest BCUT2D eigenvalue weighted by Gasteiger charge is 2.34. The predicted octanol–water partition coefficient (Wildman–Crippen LogP) is -0.183. The minimum atomic E-state index is -0.901. The third-order valence-electron chi connectivity index (χ3n) is 3.50. The lowest BCUT2D eigenvalue weighted by Crippen LogP contribution is -2.52. The van der Waals surface area contributed by atoms with Crippen molar-refractivity contribution in [3.63, 3.8) is 0 Å². The van der Waals surface area contributed by atoms with Gasteiger partial charge in [0, 0.05) is 25.0 Å². The first-order chi connectivity index (χ1) is 9.04. The number of amides is 3. The number of hydrogen-bond donors (Lipinski definition) is 4. The molecule has 0 aromatic heterocycles. The van der Waals surface area contributed by atoms with E-state index in [1.54, 1.807) is 0 Å². The number of nitrogens with one attached hydrogen (secondary N) is 3. The molecule has 2 unspecified atom stereocenters. The van der Waals surface area contributed by atoms with Gasteiger partial charge >= 0.3 is 12.0 Å². The average Bonchev–Trinajstić information content (AvgIpc) is 3.14. The Morgan fingerprint density at radius 1 is 1.37 bits per heavy atom. The van der Waals surface area contributed by atoms with Gasteiger partial charge in [-0.25, -0.2) is 4.79 Å². The maximum absolute atomic E-state index is 11.8. The maximum atomic E-state index is 11.8. The fourth-order valence-electron chi connectivity index (χ4n) is 2.27. The van der Waals surface area contributed by atoms with Crippen LogP contribution in [0.25, 0.3) is 0 Å². The van der Waals surface area contributed by atoms with E-state index in [0.29, 0.717) is 19.4 Å². The van der Waals surface area contributed by atoms with Crippen molar-refractivity contribution >= 4 is 17.9 Å². The van der Waals surface area contributed by atoms with Crippen LogP contribution in [0.5, 0.6) is 0 Å². The van der Waals surface area contributed by atoms with Crippen LogP contribution in [0.3, 0.4) is 0 Å². The van der Waals surface area contributed by atoms with Crippen LogP contribution in [0.4, 0.5) is 4.79 Å². The van der Waals surface area contributed by atoms with Crippen LogP contribution in [0.2, 0.25) is 0 Å². The van der Waals surface area contributed by atoms with Crippen molar-refractivity contribution in [3.05, 3.63) is 0 Å². The van der Waals surface area contributed by atoms with Gasteiger partial charge in [0.25, 0.3) is 0 Å². The molecule has 106 valence electrons. The summed E-state index contributed by atoms with van der Waals surface area (Å²) >= 11 is 0. The molecule has 1 aliphatic heterocycles. The lowest BCUT2D eigenvalue weighted by Gasteiger charge is -2.25. The molecule has 7 heteroatoms. The Balaban J connectivity index is 1.75. The van der Waals surface area contributed by atoms with Gasteiger partial charge in [-0.3, -0.25) is 9.59 Å². The van der Waals surface area contributed by atoms with Crippen LogP contribution >= 0.6 is 0 Å². The molecule has 2 aliphatic rings. The average molecular weight is 269 g/mol. The predicted molar refractivity (Wildman–Crippen MR) is 66.5 cm³/mol. The summed E-state index contributed by atoms with van der Waals surface area (Å²) in [6, 6.07) is -0.725. The van der Waals surface area contributed by atoms with Gasteiger partial charge in [0.05, 0.1) is 6.42 Å². The topological polar surface area (TPSA) is 108 Å². The summed E-state index contributed by atoms with van der Waals surface area (Å²) < 4.78 is 0. The molecule has 0 aromatic rings. The molecule has 1 heterocycles. The second-order valence-electron chi connectivity index (χ2n) is 5.20. The van der Waals surface area contributed by atoms with Gasteiger partial charge in [0.2, 0.25) is 5.91 Å². The lowest BCUT2D eigenvalue weighted by atomic mass is 10.1. The van der Waals surface area contributed by atoms with Gasteiger partial charge in [0.1, 0.15) is 0 Å². The number of carbonyl (C=O) groups excluding carboxylic acids is 2. The van der Waals surface area contributed by atoms with E-state index in [0.717, 1.165) is 12.8 Å². The van der Waals surface area contributed by atoms with E-state index >= 15 is 0 Å². The Kier molecular flexibility index (Phi) is 4.24. The van der Waals surface area contributed by atoms with Crippen molar-refractivity contribution in [1.82, 2.24) is 16.0 Å². The number of carbonyl (C=O) groups is 3. The van der Waals surface area contributed by atoms with Gasteiger partial charge in [-0.15, -0.1) is 0 Å². The fraction of sp³-hybridized carbons (Fsp3) is 0.750. The van der Waals surface area contributed by atoms with Crippen LogP contribution in [0.1, 0.15) is 32.1 Å². The molecule has 4 N–H and O–H groups in total. The van der Waals surface area contributed by atoms with E-state index in [-0.39, 0.29) is 36.4 Å². The Labute approximate surface area is 111 Å². The van der Waals surface area contributed by atoms with Crippen LogP contribution in [0, 0.1) is 5.92 Å². The smallest absolute Gasteiger partial charge is 0.315 e. The van der Waals surface area contributed by atoms with Crippen molar-refractivity contribution in [2.24, 2.45) is 5.92 Å². The van der Waals surface area contributed by atoms with Crippen LogP contribution in [-0.2, 0) is 9.59 Å². The van der Waals surface area contributed by atoms with E-state index in [1.165, 1.54) is 0 Å². The highest BCUT2D eigenvalue weighted by molar-refractivity contribution is 5.78.